The van der Waals surface area contributed by atoms with Crippen molar-refractivity contribution in [2.24, 2.45) is 0 Å². The second-order valence-electron chi connectivity index (χ2n) is 9.56. The van der Waals surface area contributed by atoms with Crippen LogP contribution in [0.4, 0.5) is 0 Å². The number of hydrogen-bond acceptors (Lipinski definition) is 4. The number of phenolic OH excluding ortho intramolecular Hbond substituents is 1. The zero-order valence-electron chi connectivity index (χ0n) is 24.0. The van der Waals surface area contributed by atoms with Gasteiger partial charge in [0, 0.05) is 5.33 Å². The summed E-state index contributed by atoms with van der Waals surface area (Å²) in [7, 11) is 0. The van der Waals surface area contributed by atoms with Crippen molar-refractivity contribution in [1.82, 2.24) is 0 Å². The molecular formula is C34H53BrO4. The second kappa shape index (κ2) is 28.9. The Hall–Kier alpha value is -2.08. The monoisotopic (exact) mass is 604 g/mol. The van der Waals surface area contributed by atoms with Crippen LogP contribution in [0.1, 0.15) is 101 Å². The van der Waals surface area contributed by atoms with Gasteiger partial charge in [0.1, 0.15) is 11.5 Å². The first kappa shape index (κ1) is 36.9. The molecule has 39 heavy (non-hydrogen) atoms. The lowest BCUT2D eigenvalue weighted by atomic mass is 10.1. The molecule has 0 saturated carbocycles. The van der Waals surface area contributed by atoms with E-state index < -0.39 is 0 Å². The largest absolute Gasteiger partial charge is 0.508 e. The highest BCUT2D eigenvalue weighted by molar-refractivity contribution is 9.09. The number of hydrogen-bond donors (Lipinski definition) is 3. The maximum atomic E-state index is 8.93. The van der Waals surface area contributed by atoms with Crippen LogP contribution >= 0.6 is 15.9 Å². The fraction of sp³-hybridized carbons (Fsp3) is 0.529. The molecule has 0 heterocycles. The van der Waals surface area contributed by atoms with E-state index in [0.29, 0.717) is 0 Å². The Bertz CT molecular complexity index is 790. The van der Waals surface area contributed by atoms with Gasteiger partial charge in [0.2, 0.25) is 0 Å². The average molecular weight is 606 g/mol. The molecule has 2 aromatic carbocycles. The lowest BCUT2D eigenvalue weighted by molar-refractivity contribution is 0.280. The van der Waals surface area contributed by atoms with Crippen LogP contribution in [-0.4, -0.2) is 27.3 Å². The third kappa shape index (κ3) is 24.7. The number of alkyl halides is 1. The number of ether oxygens (including phenoxy) is 1. The van der Waals surface area contributed by atoms with E-state index >= 15 is 0 Å². The molecule has 0 aliphatic heterocycles. The molecule has 0 radical (unpaired) electrons. The number of allylic oxidation sites excluding steroid dienone is 2. The molecule has 0 bridgehead atoms. The van der Waals surface area contributed by atoms with Crippen molar-refractivity contribution >= 4 is 15.9 Å². The SMILES string of the molecule is C=CCCCCCCCCBr.C=CCCCCCCCCOc1ccc(CO)cc1.OCc1ccc(O)cc1. The maximum absolute atomic E-state index is 8.93. The summed E-state index contributed by atoms with van der Waals surface area (Å²) in [6.07, 6.45) is 22.2. The number of benzene rings is 2. The second-order valence-corrected chi connectivity index (χ2v) is 10.4. The van der Waals surface area contributed by atoms with E-state index in [1.54, 1.807) is 24.3 Å². The molecule has 4 nitrogen and oxygen atoms in total. The first-order chi connectivity index (χ1) is 19.1. The Labute approximate surface area is 247 Å². The van der Waals surface area contributed by atoms with Gasteiger partial charge < -0.3 is 20.1 Å². The fourth-order valence-corrected chi connectivity index (χ4v) is 4.07. The topological polar surface area (TPSA) is 69.9 Å². The van der Waals surface area contributed by atoms with Gasteiger partial charge in [-0.25, -0.2) is 0 Å². The summed E-state index contributed by atoms with van der Waals surface area (Å²) in [6.45, 7) is 8.33. The molecule has 2 rings (SSSR count). The minimum atomic E-state index is 0.0281. The van der Waals surface area contributed by atoms with E-state index in [1.165, 1.54) is 82.4 Å². The Morgan fingerprint density at radius 3 is 1.44 bits per heavy atom. The Morgan fingerprint density at radius 2 is 1.00 bits per heavy atom. The molecule has 0 spiro atoms. The molecule has 0 fully saturated rings. The van der Waals surface area contributed by atoms with Crippen molar-refractivity contribution in [3.05, 3.63) is 85.0 Å². The van der Waals surface area contributed by atoms with Crippen LogP contribution < -0.4 is 4.74 Å². The molecule has 0 atom stereocenters. The predicted molar refractivity (Wildman–Crippen MR) is 171 cm³/mol. The van der Waals surface area contributed by atoms with Crippen LogP contribution in [0, 0.1) is 0 Å². The summed E-state index contributed by atoms with van der Waals surface area (Å²) in [5.41, 5.74) is 1.74. The van der Waals surface area contributed by atoms with Gasteiger partial charge in [-0.05, 0) is 73.9 Å². The van der Waals surface area contributed by atoms with Crippen molar-refractivity contribution in [2.75, 3.05) is 11.9 Å². The number of aromatic hydroxyl groups is 1. The molecule has 5 heteroatoms. The summed E-state index contributed by atoms with van der Waals surface area (Å²) < 4.78 is 5.66. The molecular weight excluding hydrogens is 552 g/mol. The zero-order valence-corrected chi connectivity index (χ0v) is 25.6. The van der Waals surface area contributed by atoms with Gasteiger partial charge in [0.25, 0.3) is 0 Å². The summed E-state index contributed by atoms with van der Waals surface area (Å²) in [6, 6.07) is 14.1. The standard InChI is InChI=1S/C17H26O2.C10H19Br.C7H8O2/c1-2-3-4-5-6-7-8-9-14-19-17-12-10-16(15-18)11-13-17;1-2-3-4-5-6-7-8-9-10-11;8-5-6-1-3-7(9)4-2-6/h2,10-13,18H,1,3-9,14-15H2;2H,1,3-10H2;1-4,8-9H,5H2. The van der Waals surface area contributed by atoms with E-state index in [-0.39, 0.29) is 19.0 Å². The van der Waals surface area contributed by atoms with Crippen molar-refractivity contribution < 1.29 is 20.1 Å². The summed E-state index contributed by atoms with van der Waals surface area (Å²) >= 11 is 3.43. The first-order valence-corrected chi connectivity index (χ1v) is 15.7. The summed E-state index contributed by atoms with van der Waals surface area (Å²) in [5.74, 6) is 1.12. The lowest BCUT2D eigenvalue weighted by Gasteiger charge is -2.06. The van der Waals surface area contributed by atoms with Crippen molar-refractivity contribution in [3.8, 4) is 11.5 Å². The van der Waals surface area contributed by atoms with Gasteiger partial charge in [-0.15, -0.1) is 13.2 Å². The Balaban J connectivity index is 0.000000611. The Kier molecular flexibility index (Phi) is 27.4. The van der Waals surface area contributed by atoms with E-state index in [9.17, 15) is 0 Å². The predicted octanol–water partition coefficient (Wildman–Crippen LogP) is 9.66. The van der Waals surface area contributed by atoms with Crippen LogP contribution in [0.2, 0.25) is 0 Å². The highest BCUT2D eigenvalue weighted by Crippen LogP contribution is 2.14. The molecule has 0 aliphatic rings. The van der Waals surface area contributed by atoms with Gasteiger partial charge in [0.15, 0.2) is 0 Å². The Morgan fingerprint density at radius 1 is 0.590 bits per heavy atom. The zero-order chi connectivity index (χ0) is 28.8. The third-order valence-electron chi connectivity index (χ3n) is 6.09. The maximum Gasteiger partial charge on any atom is 0.119 e. The quantitative estimate of drug-likeness (QED) is 0.0799. The number of phenols is 1. The van der Waals surface area contributed by atoms with Crippen LogP contribution in [0.15, 0.2) is 73.8 Å². The van der Waals surface area contributed by atoms with Gasteiger partial charge in [-0.1, -0.05) is 104 Å². The minimum Gasteiger partial charge on any atom is -0.508 e. The van der Waals surface area contributed by atoms with Crippen LogP contribution in [-0.2, 0) is 13.2 Å². The van der Waals surface area contributed by atoms with Gasteiger partial charge in [-0.2, -0.15) is 0 Å². The number of unbranched alkanes of at least 4 members (excludes halogenated alkanes) is 12. The van der Waals surface area contributed by atoms with Crippen molar-refractivity contribution in [2.45, 2.75) is 103 Å². The molecule has 3 N–H and O–H groups in total. The number of halogens is 1. The molecule has 0 aromatic heterocycles. The van der Waals surface area contributed by atoms with Crippen molar-refractivity contribution in [3.63, 3.8) is 0 Å². The number of aliphatic hydroxyl groups is 2. The van der Waals surface area contributed by atoms with Crippen LogP contribution in [0.5, 0.6) is 11.5 Å². The van der Waals surface area contributed by atoms with E-state index in [0.717, 1.165) is 36.3 Å². The molecule has 2 aromatic rings. The molecule has 0 amide bonds. The highest BCUT2D eigenvalue weighted by atomic mass is 79.9. The van der Waals surface area contributed by atoms with Gasteiger partial charge in [-0.3, -0.25) is 0 Å². The minimum absolute atomic E-state index is 0.0281. The first-order valence-electron chi connectivity index (χ1n) is 14.6. The van der Waals surface area contributed by atoms with E-state index in [1.807, 2.05) is 36.4 Å². The molecule has 0 unspecified atom stereocenters. The van der Waals surface area contributed by atoms with E-state index in [2.05, 4.69) is 29.1 Å². The average Bonchev–Trinajstić information content (AvgIpc) is 2.97. The lowest BCUT2D eigenvalue weighted by Crippen LogP contribution is -1.97. The number of aliphatic hydroxyl groups excluding tert-OH is 2. The van der Waals surface area contributed by atoms with Crippen LogP contribution in [0.3, 0.4) is 0 Å². The number of rotatable bonds is 20. The highest BCUT2D eigenvalue weighted by Gasteiger charge is 1.96. The molecule has 0 saturated heterocycles. The van der Waals surface area contributed by atoms with E-state index in [4.69, 9.17) is 20.1 Å². The summed E-state index contributed by atoms with van der Waals surface area (Å²) in [4.78, 5) is 0. The third-order valence-corrected chi connectivity index (χ3v) is 6.65. The molecule has 220 valence electrons. The van der Waals surface area contributed by atoms with Gasteiger partial charge in [0.05, 0.1) is 19.8 Å². The van der Waals surface area contributed by atoms with Crippen LogP contribution in [0.25, 0.3) is 0 Å². The van der Waals surface area contributed by atoms with Gasteiger partial charge >= 0.3 is 0 Å². The fourth-order valence-electron chi connectivity index (χ4n) is 3.67. The molecule has 0 aliphatic carbocycles. The van der Waals surface area contributed by atoms with Crippen molar-refractivity contribution in [1.29, 1.82) is 0 Å². The normalized spacial score (nSPS) is 10.0. The smallest absolute Gasteiger partial charge is 0.119 e. The summed E-state index contributed by atoms with van der Waals surface area (Å²) in [5, 5.41) is 27.4.